The molecule has 1 fully saturated rings. The zero-order valence-electron chi connectivity index (χ0n) is 12.3. The van der Waals surface area contributed by atoms with Crippen LogP contribution in [0.15, 0.2) is 36.7 Å². The van der Waals surface area contributed by atoms with Gasteiger partial charge in [-0.1, -0.05) is 6.07 Å². The maximum Gasteiger partial charge on any atom is 0.225 e. The Balaban J connectivity index is 1.80. The number of likely N-dealkylation sites (N-methyl/N-ethyl adjacent to an activating group) is 1. The molecule has 0 N–H and O–H groups in total. The molecule has 0 aliphatic carbocycles. The van der Waals surface area contributed by atoms with E-state index in [1.165, 1.54) is 6.07 Å². The molecule has 1 aromatic heterocycles. The second-order valence-corrected chi connectivity index (χ2v) is 5.30. The van der Waals surface area contributed by atoms with Gasteiger partial charge in [-0.3, -0.25) is 0 Å². The van der Waals surface area contributed by atoms with Crippen LogP contribution in [0.1, 0.15) is 12.0 Å². The van der Waals surface area contributed by atoms with Crippen molar-refractivity contribution in [3.05, 3.63) is 48.0 Å². The van der Waals surface area contributed by atoms with Crippen molar-refractivity contribution in [2.45, 2.75) is 12.5 Å². The van der Waals surface area contributed by atoms with Gasteiger partial charge in [0.1, 0.15) is 11.9 Å². The first-order valence-electron chi connectivity index (χ1n) is 7.14. The highest BCUT2D eigenvalue weighted by atomic mass is 19.1. The Kier molecular flexibility index (Phi) is 3.88. The van der Waals surface area contributed by atoms with Crippen LogP contribution in [-0.2, 0) is 0 Å². The lowest BCUT2D eigenvalue weighted by Gasteiger charge is -2.25. The molecule has 0 spiro atoms. The predicted octanol–water partition coefficient (Wildman–Crippen LogP) is 2.20. The number of hydrogen-bond donors (Lipinski definition) is 0. The Morgan fingerprint density at radius 1 is 1.32 bits per heavy atom. The minimum Gasteiger partial charge on any atom is -0.366 e. The molecule has 6 heteroatoms. The van der Waals surface area contributed by atoms with Gasteiger partial charge in [-0.2, -0.15) is 5.26 Å². The zero-order valence-corrected chi connectivity index (χ0v) is 12.3. The Bertz CT molecular complexity index is 697. The van der Waals surface area contributed by atoms with E-state index in [0.717, 1.165) is 6.42 Å². The van der Waals surface area contributed by atoms with Crippen LogP contribution in [0, 0.1) is 17.1 Å². The summed E-state index contributed by atoms with van der Waals surface area (Å²) in [6, 6.07) is 8.64. The van der Waals surface area contributed by atoms with E-state index in [2.05, 4.69) is 16.0 Å². The molecule has 1 aromatic carbocycles. The summed E-state index contributed by atoms with van der Waals surface area (Å²) in [6.45, 7) is 1.35. The SMILES string of the molecule is CN(c1ncccn1)C1CCN(c2c(F)cccc2C#N)C1. The highest BCUT2D eigenvalue weighted by Gasteiger charge is 2.29. The lowest BCUT2D eigenvalue weighted by molar-refractivity contribution is 0.621. The number of nitriles is 1. The van der Waals surface area contributed by atoms with Crippen molar-refractivity contribution < 1.29 is 4.39 Å². The van der Waals surface area contributed by atoms with Crippen LogP contribution >= 0.6 is 0 Å². The van der Waals surface area contributed by atoms with Crippen molar-refractivity contribution in [2.75, 3.05) is 29.9 Å². The number of benzene rings is 1. The fourth-order valence-electron chi connectivity index (χ4n) is 2.82. The van der Waals surface area contributed by atoms with E-state index in [4.69, 9.17) is 0 Å². The third kappa shape index (κ3) is 2.58. The highest BCUT2D eigenvalue weighted by molar-refractivity contribution is 5.61. The van der Waals surface area contributed by atoms with Gasteiger partial charge in [0.05, 0.1) is 17.3 Å². The summed E-state index contributed by atoms with van der Waals surface area (Å²) in [5.74, 6) is 0.307. The first-order valence-corrected chi connectivity index (χ1v) is 7.14. The molecule has 0 bridgehead atoms. The van der Waals surface area contributed by atoms with Crippen LogP contribution in [0.2, 0.25) is 0 Å². The van der Waals surface area contributed by atoms with Crippen LogP contribution in [0.5, 0.6) is 0 Å². The standard InChI is InChI=1S/C16H16FN5/c1-21(16-19-7-3-8-20-16)13-6-9-22(11-13)15-12(10-18)4-2-5-14(15)17/h2-5,7-8,13H,6,9,11H2,1H3. The first-order chi connectivity index (χ1) is 10.7. The molecule has 2 aromatic rings. The molecule has 1 unspecified atom stereocenters. The normalized spacial score (nSPS) is 17.3. The molecule has 0 radical (unpaired) electrons. The van der Waals surface area contributed by atoms with Crippen LogP contribution in [0.4, 0.5) is 16.0 Å². The van der Waals surface area contributed by atoms with Gasteiger partial charge >= 0.3 is 0 Å². The van der Waals surface area contributed by atoms with Crippen molar-refractivity contribution >= 4 is 11.6 Å². The van der Waals surface area contributed by atoms with E-state index >= 15 is 0 Å². The Labute approximate surface area is 128 Å². The quantitative estimate of drug-likeness (QED) is 0.869. The molecule has 1 aliphatic rings. The lowest BCUT2D eigenvalue weighted by Crippen LogP contribution is -2.35. The van der Waals surface area contributed by atoms with Gasteiger partial charge in [0.2, 0.25) is 5.95 Å². The van der Waals surface area contributed by atoms with Gasteiger partial charge < -0.3 is 9.80 Å². The second-order valence-electron chi connectivity index (χ2n) is 5.30. The molecule has 0 saturated carbocycles. The van der Waals surface area contributed by atoms with E-state index in [1.807, 2.05) is 16.8 Å². The summed E-state index contributed by atoms with van der Waals surface area (Å²) in [4.78, 5) is 12.4. The van der Waals surface area contributed by atoms with Crippen molar-refractivity contribution in [3.8, 4) is 6.07 Å². The van der Waals surface area contributed by atoms with Crippen molar-refractivity contribution in [2.24, 2.45) is 0 Å². The van der Waals surface area contributed by atoms with E-state index in [0.29, 0.717) is 30.3 Å². The van der Waals surface area contributed by atoms with E-state index in [1.54, 1.807) is 30.6 Å². The molecular weight excluding hydrogens is 281 g/mol. The molecule has 1 atom stereocenters. The Hall–Kier alpha value is -2.68. The summed E-state index contributed by atoms with van der Waals surface area (Å²) < 4.78 is 14.1. The van der Waals surface area contributed by atoms with Crippen LogP contribution < -0.4 is 9.80 Å². The summed E-state index contributed by atoms with van der Waals surface area (Å²) in [7, 11) is 1.94. The molecule has 5 nitrogen and oxygen atoms in total. The van der Waals surface area contributed by atoms with Gasteiger partial charge in [-0.15, -0.1) is 0 Å². The second kappa shape index (κ2) is 5.98. The largest absolute Gasteiger partial charge is 0.366 e. The number of aromatic nitrogens is 2. The monoisotopic (exact) mass is 297 g/mol. The van der Waals surface area contributed by atoms with Crippen LogP contribution in [0.25, 0.3) is 0 Å². The number of nitrogens with zero attached hydrogens (tertiary/aromatic N) is 5. The molecule has 0 amide bonds. The topological polar surface area (TPSA) is 56.1 Å². The summed E-state index contributed by atoms with van der Waals surface area (Å²) in [5.41, 5.74) is 0.772. The minimum atomic E-state index is -0.349. The Morgan fingerprint density at radius 2 is 2.09 bits per heavy atom. The molecule has 22 heavy (non-hydrogen) atoms. The summed E-state index contributed by atoms with van der Waals surface area (Å²) in [6.07, 6.45) is 4.28. The number of rotatable bonds is 3. The van der Waals surface area contributed by atoms with E-state index < -0.39 is 0 Å². The number of anilines is 2. The molecule has 112 valence electrons. The zero-order chi connectivity index (χ0) is 15.5. The number of para-hydroxylation sites is 1. The smallest absolute Gasteiger partial charge is 0.225 e. The lowest BCUT2D eigenvalue weighted by atomic mass is 10.1. The molecule has 1 saturated heterocycles. The van der Waals surface area contributed by atoms with Crippen molar-refractivity contribution in [1.29, 1.82) is 5.26 Å². The molecule has 2 heterocycles. The maximum atomic E-state index is 14.1. The molecular formula is C16H16FN5. The molecule has 1 aliphatic heterocycles. The van der Waals surface area contributed by atoms with Crippen molar-refractivity contribution in [1.82, 2.24) is 9.97 Å². The third-order valence-corrected chi connectivity index (χ3v) is 4.00. The van der Waals surface area contributed by atoms with Gasteiger partial charge in [-0.05, 0) is 24.6 Å². The van der Waals surface area contributed by atoms with E-state index in [9.17, 15) is 9.65 Å². The fourth-order valence-corrected chi connectivity index (χ4v) is 2.82. The molecule has 3 rings (SSSR count). The average molecular weight is 297 g/mol. The number of hydrogen-bond acceptors (Lipinski definition) is 5. The predicted molar refractivity (Wildman–Crippen MR) is 82.2 cm³/mol. The average Bonchev–Trinajstić information content (AvgIpc) is 3.04. The summed E-state index contributed by atoms with van der Waals surface area (Å²) >= 11 is 0. The van der Waals surface area contributed by atoms with Gasteiger partial charge in [0, 0.05) is 32.5 Å². The van der Waals surface area contributed by atoms with Gasteiger partial charge in [0.25, 0.3) is 0 Å². The first kappa shape index (κ1) is 14.3. The van der Waals surface area contributed by atoms with E-state index in [-0.39, 0.29) is 11.9 Å². The van der Waals surface area contributed by atoms with Crippen molar-refractivity contribution in [3.63, 3.8) is 0 Å². The maximum absolute atomic E-state index is 14.1. The summed E-state index contributed by atoms with van der Waals surface area (Å²) in [5, 5.41) is 9.18. The third-order valence-electron chi connectivity index (χ3n) is 4.00. The number of halogens is 1. The van der Waals surface area contributed by atoms with Gasteiger partial charge in [0.15, 0.2) is 0 Å². The highest BCUT2D eigenvalue weighted by Crippen LogP contribution is 2.29. The van der Waals surface area contributed by atoms with Crippen LogP contribution in [0.3, 0.4) is 0 Å². The fraction of sp³-hybridized carbons (Fsp3) is 0.312. The Morgan fingerprint density at radius 3 is 2.82 bits per heavy atom. The van der Waals surface area contributed by atoms with Crippen LogP contribution in [-0.4, -0.2) is 36.1 Å². The minimum absolute atomic E-state index is 0.188. The van der Waals surface area contributed by atoms with Gasteiger partial charge in [-0.25, -0.2) is 14.4 Å².